The van der Waals surface area contributed by atoms with Crippen LogP contribution in [0.3, 0.4) is 0 Å². The number of rotatable bonds is 2. The van der Waals surface area contributed by atoms with Crippen LogP contribution in [-0.2, 0) is 13.0 Å². The quantitative estimate of drug-likeness (QED) is 0.759. The summed E-state index contributed by atoms with van der Waals surface area (Å²) in [4.78, 5) is 4.44. The van der Waals surface area contributed by atoms with Crippen LogP contribution in [0.4, 0.5) is 0 Å². The second kappa shape index (κ2) is 5.33. The molecule has 0 saturated carbocycles. The van der Waals surface area contributed by atoms with Gasteiger partial charge < -0.3 is 4.74 Å². The summed E-state index contributed by atoms with van der Waals surface area (Å²) >= 11 is 0. The zero-order chi connectivity index (χ0) is 13.9. The third kappa shape index (κ3) is 2.14. The summed E-state index contributed by atoms with van der Waals surface area (Å²) in [5.74, 6) is 0.920. The first-order valence-electron chi connectivity index (χ1n) is 6.81. The van der Waals surface area contributed by atoms with Crippen molar-refractivity contribution in [2.24, 2.45) is 0 Å². The van der Waals surface area contributed by atoms with E-state index in [-0.39, 0.29) is 0 Å². The van der Waals surface area contributed by atoms with Gasteiger partial charge in [0.2, 0.25) is 0 Å². The molecule has 1 aromatic carbocycles. The maximum absolute atomic E-state index is 5.91. The first kappa shape index (κ1) is 12.7. The van der Waals surface area contributed by atoms with Gasteiger partial charge >= 0.3 is 0 Å². The minimum atomic E-state index is 0.515. The van der Waals surface area contributed by atoms with Gasteiger partial charge in [0.15, 0.2) is 0 Å². The van der Waals surface area contributed by atoms with E-state index in [1.54, 1.807) is 0 Å². The van der Waals surface area contributed by atoms with Crippen LogP contribution < -0.4 is 4.74 Å². The molecule has 20 heavy (non-hydrogen) atoms. The van der Waals surface area contributed by atoms with Crippen LogP contribution in [0.2, 0.25) is 0 Å². The fourth-order valence-corrected chi connectivity index (χ4v) is 2.61. The zero-order valence-electron chi connectivity index (χ0n) is 11.6. The van der Waals surface area contributed by atoms with Crippen molar-refractivity contribution in [2.75, 3.05) is 0 Å². The Balaban J connectivity index is 2.18. The highest BCUT2D eigenvalue weighted by Gasteiger charge is 2.19. The summed E-state index contributed by atoms with van der Waals surface area (Å²) in [5.41, 5.74) is 5.71. The van der Waals surface area contributed by atoms with Gasteiger partial charge in [0.05, 0.1) is 5.69 Å². The molecule has 0 fully saturated rings. The molecule has 0 N–H and O–H groups in total. The van der Waals surface area contributed by atoms with Crippen molar-refractivity contribution < 1.29 is 4.74 Å². The molecule has 0 radical (unpaired) electrons. The predicted octanol–water partition coefficient (Wildman–Crippen LogP) is 4.15. The Morgan fingerprint density at radius 1 is 1.30 bits per heavy atom. The van der Waals surface area contributed by atoms with E-state index in [1.807, 2.05) is 24.4 Å². The fraction of sp³-hybridized carbons (Fsp3) is 0.167. The molecule has 3 rings (SSSR count). The van der Waals surface area contributed by atoms with E-state index in [0.29, 0.717) is 6.61 Å². The largest absolute Gasteiger partial charge is 0.487 e. The van der Waals surface area contributed by atoms with Crippen LogP contribution >= 0.6 is 0 Å². The van der Waals surface area contributed by atoms with E-state index in [0.717, 1.165) is 29.0 Å². The van der Waals surface area contributed by atoms with Crippen molar-refractivity contribution in [3.05, 3.63) is 77.6 Å². The lowest BCUT2D eigenvalue weighted by molar-refractivity contribution is 0.302. The average molecular weight is 263 g/mol. The molecule has 0 unspecified atom stereocenters. The Morgan fingerprint density at radius 3 is 3.00 bits per heavy atom. The number of fused-ring (bicyclic) bond motifs is 2. The summed E-state index contributed by atoms with van der Waals surface area (Å²) in [6.07, 6.45) is 6.73. The van der Waals surface area contributed by atoms with Gasteiger partial charge in [-0.25, -0.2) is 0 Å². The Bertz CT molecular complexity index is 686. The van der Waals surface area contributed by atoms with Crippen LogP contribution in [0.15, 0.2) is 55.3 Å². The lowest BCUT2D eigenvalue weighted by Crippen LogP contribution is -1.98. The molecule has 0 amide bonds. The Kier molecular flexibility index (Phi) is 3.38. The monoisotopic (exact) mass is 263 g/mol. The Labute approximate surface area is 119 Å². The Morgan fingerprint density at radius 2 is 2.20 bits per heavy atom. The normalized spacial score (nSPS) is 14.9. The van der Waals surface area contributed by atoms with Crippen LogP contribution in [-0.4, -0.2) is 4.98 Å². The van der Waals surface area contributed by atoms with E-state index in [2.05, 4.69) is 42.8 Å². The van der Waals surface area contributed by atoms with Gasteiger partial charge in [-0.3, -0.25) is 4.98 Å². The molecule has 1 aliphatic rings. The Hall–Kier alpha value is -2.35. The lowest BCUT2D eigenvalue weighted by Gasteiger charge is -2.11. The number of benzene rings is 1. The molecular formula is C18H17NO. The molecule has 1 aliphatic heterocycles. The molecule has 2 heteroatoms. The number of ether oxygens (including phenoxy) is 1. The van der Waals surface area contributed by atoms with Crippen molar-refractivity contribution in [1.82, 2.24) is 4.98 Å². The average Bonchev–Trinajstić information content (AvgIpc) is 2.63. The topological polar surface area (TPSA) is 22.1 Å². The summed E-state index contributed by atoms with van der Waals surface area (Å²) in [7, 11) is 0. The maximum atomic E-state index is 5.91. The van der Waals surface area contributed by atoms with Crippen molar-refractivity contribution >= 4 is 5.57 Å². The van der Waals surface area contributed by atoms with E-state index < -0.39 is 0 Å². The van der Waals surface area contributed by atoms with Crippen LogP contribution in [0.1, 0.15) is 29.3 Å². The lowest BCUT2D eigenvalue weighted by atomic mass is 9.94. The second-order valence-corrected chi connectivity index (χ2v) is 4.81. The fourth-order valence-electron chi connectivity index (χ4n) is 2.61. The van der Waals surface area contributed by atoms with Gasteiger partial charge in [0.1, 0.15) is 12.4 Å². The number of allylic oxidation sites excluding steroid dienone is 2. The van der Waals surface area contributed by atoms with Crippen LogP contribution in [0.25, 0.3) is 5.57 Å². The van der Waals surface area contributed by atoms with Gasteiger partial charge in [-0.05, 0) is 42.7 Å². The standard InChI is InChI=1S/C18H17NO/c1-3-6-13-8-9-18-16(11-13)14(4-2)15-7-5-10-19-17(15)12-20-18/h3-5,7-11H,1,6,12H2,2H3/b14-4+. The van der Waals surface area contributed by atoms with Gasteiger partial charge in [-0.2, -0.15) is 0 Å². The molecule has 100 valence electrons. The zero-order valence-corrected chi connectivity index (χ0v) is 11.6. The molecule has 0 atom stereocenters. The van der Waals surface area contributed by atoms with Crippen LogP contribution in [0.5, 0.6) is 5.75 Å². The minimum absolute atomic E-state index is 0.515. The van der Waals surface area contributed by atoms with E-state index in [4.69, 9.17) is 4.74 Å². The van der Waals surface area contributed by atoms with Gasteiger partial charge in [0.25, 0.3) is 0 Å². The molecule has 0 bridgehead atoms. The molecule has 0 spiro atoms. The molecular weight excluding hydrogens is 246 g/mol. The highest BCUT2D eigenvalue weighted by Crippen LogP contribution is 2.36. The summed E-state index contributed by atoms with van der Waals surface area (Å²) in [5, 5.41) is 0. The molecule has 0 saturated heterocycles. The summed E-state index contributed by atoms with van der Waals surface area (Å²) in [6, 6.07) is 10.4. The number of hydrogen-bond donors (Lipinski definition) is 0. The SMILES string of the molecule is C=CCc1ccc2c(c1)/C(=C/C)c1cccnc1CO2. The van der Waals surface area contributed by atoms with Gasteiger partial charge in [-0.1, -0.05) is 24.3 Å². The van der Waals surface area contributed by atoms with Crippen molar-refractivity contribution in [2.45, 2.75) is 20.0 Å². The first-order chi connectivity index (χ1) is 9.83. The summed E-state index contributed by atoms with van der Waals surface area (Å²) < 4.78 is 5.91. The highest BCUT2D eigenvalue weighted by atomic mass is 16.5. The van der Waals surface area contributed by atoms with E-state index in [9.17, 15) is 0 Å². The molecule has 2 nitrogen and oxygen atoms in total. The predicted molar refractivity (Wildman–Crippen MR) is 81.7 cm³/mol. The van der Waals surface area contributed by atoms with Crippen molar-refractivity contribution in [3.63, 3.8) is 0 Å². The molecule has 1 aromatic heterocycles. The van der Waals surface area contributed by atoms with Gasteiger partial charge in [0, 0.05) is 17.3 Å². The molecule has 2 heterocycles. The first-order valence-corrected chi connectivity index (χ1v) is 6.81. The van der Waals surface area contributed by atoms with Gasteiger partial charge in [-0.15, -0.1) is 6.58 Å². The minimum Gasteiger partial charge on any atom is -0.487 e. The number of aromatic nitrogens is 1. The maximum Gasteiger partial charge on any atom is 0.131 e. The second-order valence-electron chi connectivity index (χ2n) is 4.81. The molecule has 0 aliphatic carbocycles. The van der Waals surface area contributed by atoms with Crippen LogP contribution in [0, 0.1) is 0 Å². The number of pyridine rings is 1. The third-order valence-corrected chi connectivity index (χ3v) is 3.55. The van der Waals surface area contributed by atoms with Crippen molar-refractivity contribution in [3.8, 4) is 5.75 Å². The van der Waals surface area contributed by atoms with E-state index >= 15 is 0 Å². The molecule has 2 aromatic rings. The smallest absolute Gasteiger partial charge is 0.131 e. The van der Waals surface area contributed by atoms with Crippen molar-refractivity contribution in [1.29, 1.82) is 0 Å². The number of hydrogen-bond acceptors (Lipinski definition) is 2. The summed E-state index contributed by atoms with van der Waals surface area (Å²) in [6.45, 7) is 6.38. The highest BCUT2D eigenvalue weighted by molar-refractivity contribution is 5.84. The van der Waals surface area contributed by atoms with E-state index in [1.165, 1.54) is 11.1 Å². The third-order valence-electron chi connectivity index (χ3n) is 3.55. The number of nitrogens with zero attached hydrogens (tertiary/aromatic N) is 1.